The van der Waals surface area contributed by atoms with Crippen molar-refractivity contribution in [1.82, 2.24) is 0 Å². The van der Waals surface area contributed by atoms with Crippen molar-refractivity contribution in [3.8, 4) is 11.5 Å². The van der Waals surface area contributed by atoms with Gasteiger partial charge < -0.3 is 19.7 Å². The number of fused-ring (bicyclic) bond motifs is 2. The van der Waals surface area contributed by atoms with Gasteiger partial charge in [0.25, 0.3) is 5.69 Å². The summed E-state index contributed by atoms with van der Waals surface area (Å²) in [6.07, 6.45) is 0.689. The third-order valence-electron chi connectivity index (χ3n) is 4.43. The molecule has 0 saturated carbocycles. The Morgan fingerprint density at radius 3 is 2.77 bits per heavy atom. The van der Waals surface area contributed by atoms with Crippen molar-refractivity contribution < 1.29 is 19.2 Å². The lowest BCUT2D eigenvalue weighted by atomic mass is 10.1. The van der Waals surface area contributed by atoms with Gasteiger partial charge in [-0.3, -0.25) is 14.9 Å². The molecule has 0 unspecified atom stereocenters. The van der Waals surface area contributed by atoms with Crippen molar-refractivity contribution in [3.63, 3.8) is 0 Å². The molecule has 0 bridgehead atoms. The van der Waals surface area contributed by atoms with Gasteiger partial charge in [-0.1, -0.05) is 0 Å². The van der Waals surface area contributed by atoms with Crippen LogP contribution in [-0.4, -0.2) is 37.1 Å². The highest BCUT2D eigenvalue weighted by molar-refractivity contribution is 5.94. The zero-order valence-corrected chi connectivity index (χ0v) is 13.9. The van der Waals surface area contributed by atoms with Crippen LogP contribution in [0.15, 0.2) is 36.4 Å². The van der Waals surface area contributed by atoms with Crippen LogP contribution in [0.1, 0.15) is 5.56 Å². The first kappa shape index (κ1) is 16.2. The molecule has 8 nitrogen and oxygen atoms in total. The van der Waals surface area contributed by atoms with E-state index in [1.165, 1.54) is 6.07 Å². The largest absolute Gasteiger partial charge is 0.486 e. The van der Waals surface area contributed by atoms with Crippen LogP contribution in [-0.2, 0) is 11.2 Å². The topological polar surface area (TPSA) is 93.9 Å². The second-order valence-electron chi connectivity index (χ2n) is 6.15. The fraction of sp³-hybridized carbons (Fsp3) is 0.278. The number of anilines is 2. The lowest BCUT2D eigenvalue weighted by molar-refractivity contribution is -0.384. The van der Waals surface area contributed by atoms with E-state index in [1.54, 1.807) is 30.3 Å². The normalized spacial score (nSPS) is 14.7. The molecule has 2 heterocycles. The second kappa shape index (κ2) is 6.55. The molecule has 2 aromatic rings. The average molecular weight is 355 g/mol. The van der Waals surface area contributed by atoms with E-state index in [4.69, 9.17) is 9.47 Å². The standard InChI is InChI=1S/C18H17N3O5/c22-18(19-13-1-4-16-17(10-13)26-8-7-25-16)11-20-6-5-12-9-14(21(23)24)2-3-15(12)20/h1-4,9-10H,5-8,11H2,(H,19,22). The van der Waals surface area contributed by atoms with Crippen molar-refractivity contribution in [2.24, 2.45) is 0 Å². The number of nitro groups is 1. The number of nitrogens with zero attached hydrogens (tertiary/aromatic N) is 2. The SMILES string of the molecule is O=C(CN1CCc2cc([N+](=O)[O-])ccc21)Nc1ccc2c(c1)OCCO2. The number of hydrogen-bond donors (Lipinski definition) is 1. The zero-order valence-electron chi connectivity index (χ0n) is 13.9. The number of hydrogen-bond acceptors (Lipinski definition) is 6. The summed E-state index contributed by atoms with van der Waals surface area (Å²) < 4.78 is 11.0. The van der Waals surface area contributed by atoms with Gasteiger partial charge in [-0.2, -0.15) is 0 Å². The number of amides is 1. The third-order valence-corrected chi connectivity index (χ3v) is 4.43. The summed E-state index contributed by atoms with van der Waals surface area (Å²) in [4.78, 5) is 24.8. The molecule has 1 amide bonds. The van der Waals surface area contributed by atoms with Crippen LogP contribution >= 0.6 is 0 Å². The summed E-state index contributed by atoms with van der Waals surface area (Å²) in [5, 5.41) is 13.7. The minimum Gasteiger partial charge on any atom is -0.486 e. The first-order chi connectivity index (χ1) is 12.6. The molecule has 0 spiro atoms. The molecule has 8 heteroatoms. The summed E-state index contributed by atoms with van der Waals surface area (Å²) >= 11 is 0. The molecule has 4 rings (SSSR count). The predicted octanol–water partition coefficient (Wildman–Crippen LogP) is 2.37. The van der Waals surface area contributed by atoms with Gasteiger partial charge in [-0.05, 0) is 30.2 Å². The Balaban J connectivity index is 1.43. The van der Waals surface area contributed by atoms with Gasteiger partial charge in [-0.25, -0.2) is 0 Å². The van der Waals surface area contributed by atoms with E-state index >= 15 is 0 Å². The average Bonchev–Trinajstić information content (AvgIpc) is 3.03. The van der Waals surface area contributed by atoms with Crippen LogP contribution in [0.4, 0.5) is 17.1 Å². The van der Waals surface area contributed by atoms with Crippen LogP contribution < -0.4 is 19.7 Å². The molecule has 2 aliphatic heterocycles. The first-order valence-electron chi connectivity index (χ1n) is 8.32. The van der Waals surface area contributed by atoms with Crippen molar-refractivity contribution in [2.45, 2.75) is 6.42 Å². The number of nitrogens with one attached hydrogen (secondary N) is 1. The highest BCUT2D eigenvalue weighted by Crippen LogP contribution is 2.33. The van der Waals surface area contributed by atoms with Crippen molar-refractivity contribution >= 4 is 23.0 Å². The summed E-state index contributed by atoms with van der Waals surface area (Å²) in [6.45, 7) is 1.84. The fourth-order valence-corrected chi connectivity index (χ4v) is 3.23. The van der Waals surface area contributed by atoms with Gasteiger partial charge in [0, 0.05) is 36.1 Å². The van der Waals surface area contributed by atoms with Gasteiger partial charge in [0.05, 0.1) is 11.5 Å². The number of ether oxygens (including phenoxy) is 2. The second-order valence-corrected chi connectivity index (χ2v) is 6.15. The number of non-ortho nitro benzene ring substituents is 1. The number of rotatable bonds is 4. The Labute approximate surface area is 149 Å². The molecule has 2 aromatic carbocycles. The Morgan fingerprint density at radius 2 is 1.96 bits per heavy atom. The predicted molar refractivity (Wildman–Crippen MR) is 95.1 cm³/mol. The number of nitro benzene ring substituents is 1. The zero-order chi connectivity index (χ0) is 18.1. The fourth-order valence-electron chi connectivity index (χ4n) is 3.23. The maximum atomic E-state index is 12.4. The van der Waals surface area contributed by atoms with E-state index in [1.807, 2.05) is 4.90 Å². The van der Waals surface area contributed by atoms with Gasteiger partial charge >= 0.3 is 0 Å². The Kier molecular flexibility index (Phi) is 4.08. The van der Waals surface area contributed by atoms with Crippen molar-refractivity contribution in [1.29, 1.82) is 0 Å². The van der Waals surface area contributed by atoms with Gasteiger partial charge in [-0.15, -0.1) is 0 Å². The minimum atomic E-state index is -0.405. The minimum absolute atomic E-state index is 0.0753. The molecule has 0 aliphatic carbocycles. The maximum absolute atomic E-state index is 12.4. The van der Waals surface area contributed by atoms with Crippen molar-refractivity contribution in [3.05, 3.63) is 52.1 Å². The molecule has 134 valence electrons. The Hall–Kier alpha value is -3.29. The van der Waals surface area contributed by atoms with Crippen LogP contribution in [0.3, 0.4) is 0 Å². The van der Waals surface area contributed by atoms with E-state index in [0.717, 1.165) is 11.3 Å². The lowest BCUT2D eigenvalue weighted by Gasteiger charge is -2.20. The van der Waals surface area contributed by atoms with E-state index in [2.05, 4.69) is 5.32 Å². The molecule has 0 aromatic heterocycles. The number of carbonyl (C=O) groups is 1. The van der Waals surface area contributed by atoms with E-state index in [9.17, 15) is 14.9 Å². The molecule has 2 aliphatic rings. The summed E-state index contributed by atoms with van der Waals surface area (Å²) in [7, 11) is 0. The summed E-state index contributed by atoms with van der Waals surface area (Å²) in [5.41, 5.74) is 2.48. The van der Waals surface area contributed by atoms with Crippen LogP contribution in [0.2, 0.25) is 0 Å². The van der Waals surface area contributed by atoms with Gasteiger partial charge in [0.15, 0.2) is 11.5 Å². The number of carbonyl (C=O) groups excluding carboxylic acids is 1. The molecule has 0 fully saturated rings. The molecular weight excluding hydrogens is 338 g/mol. The van der Waals surface area contributed by atoms with Crippen LogP contribution in [0.25, 0.3) is 0 Å². The van der Waals surface area contributed by atoms with Crippen LogP contribution in [0, 0.1) is 10.1 Å². The summed E-state index contributed by atoms with van der Waals surface area (Å²) in [6, 6.07) is 10.0. The van der Waals surface area contributed by atoms with Crippen LogP contribution in [0.5, 0.6) is 11.5 Å². The quantitative estimate of drug-likeness (QED) is 0.668. The molecular formula is C18H17N3O5. The highest BCUT2D eigenvalue weighted by atomic mass is 16.6. The Morgan fingerprint density at radius 1 is 1.15 bits per heavy atom. The van der Waals surface area contributed by atoms with Crippen molar-refractivity contribution in [2.75, 3.05) is 36.5 Å². The van der Waals surface area contributed by atoms with E-state index in [0.29, 0.717) is 43.4 Å². The van der Waals surface area contributed by atoms with E-state index in [-0.39, 0.29) is 18.1 Å². The lowest BCUT2D eigenvalue weighted by Crippen LogP contribution is -2.31. The first-order valence-corrected chi connectivity index (χ1v) is 8.32. The van der Waals surface area contributed by atoms with E-state index < -0.39 is 4.92 Å². The number of benzene rings is 2. The maximum Gasteiger partial charge on any atom is 0.269 e. The third kappa shape index (κ3) is 3.13. The van der Waals surface area contributed by atoms with Gasteiger partial charge in [0.1, 0.15) is 13.2 Å². The smallest absolute Gasteiger partial charge is 0.269 e. The monoisotopic (exact) mass is 355 g/mol. The highest BCUT2D eigenvalue weighted by Gasteiger charge is 2.23. The summed E-state index contributed by atoms with van der Waals surface area (Å²) in [5.74, 6) is 1.13. The molecule has 26 heavy (non-hydrogen) atoms. The Bertz CT molecular complexity index is 883. The molecule has 0 atom stereocenters. The molecule has 0 saturated heterocycles. The molecule has 0 radical (unpaired) electrons. The molecule has 1 N–H and O–H groups in total. The van der Waals surface area contributed by atoms with Gasteiger partial charge in [0.2, 0.25) is 5.91 Å².